The first-order chi connectivity index (χ1) is 15.1. The standard InChI is InChI=1S/2C6H10O6.C4H6O4/c2*7-1-3-11-5(9)6(10)12-4-2-8;5-3(6)1-2-4(7)8/h2*7-8H,1-4H2;1-2H2,(H,5,6)(H,7,8). The van der Waals surface area contributed by atoms with Gasteiger partial charge in [0.25, 0.3) is 0 Å². The lowest BCUT2D eigenvalue weighted by Gasteiger charge is -2.01. The largest absolute Gasteiger partial charge is 0.481 e. The molecule has 186 valence electrons. The minimum Gasteiger partial charge on any atom is -0.481 e. The zero-order valence-corrected chi connectivity index (χ0v) is 16.8. The van der Waals surface area contributed by atoms with Gasteiger partial charge in [0.1, 0.15) is 26.4 Å². The summed E-state index contributed by atoms with van der Waals surface area (Å²) in [5, 5.41) is 48.6. The fourth-order valence-corrected chi connectivity index (χ4v) is 1.00. The molecule has 0 fully saturated rings. The molecule has 0 bridgehead atoms. The van der Waals surface area contributed by atoms with Gasteiger partial charge in [-0.05, 0) is 0 Å². The van der Waals surface area contributed by atoms with Gasteiger partial charge >= 0.3 is 35.8 Å². The van der Waals surface area contributed by atoms with E-state index in [1.807, 2.05) is 0 Å². The summed E-state index contributed by atoms with van der Waals surface area (Å²) in [5.41, 5.74) is 0. The van der Waals surface area contributed by atoms with Crippen LogP contribution < -0.4 is 0 Å². The quantitative estimate of drug-likeness (QED) is 0.0947. The SMILES string of the molecule is O=C(O)CCC(=O)O.O=C(OCCO)C(=O)OCCO.O=C(OCCO)C(=O)OCCO. The van der Waals surface area contributed by atoms with Gasteiger partial charge in [-0.2, -0.15) is 0 Å². The minimum atomic E-state index is -1.17. The Balaban J connectivity index is -0.000000404. The molecule has 0 aromatic heterocycles. The van der Waals surface area contributed by atoms with Gasteiger partial charge in [-0.1, -0.05) is 0 Å². The lowest BCUT2D eigenvalue weighted by atomic mass is 10.3. The van der Waals surface area contributed by atoms with Gasteiger partial charge in [0.2, 0.25) is 0 Å². The van der Waals surface area contributed by atoms with E-state index in [1.165, 1.54) is 0 Å². The van der Waals surface area contributed by atoms with Gasteiger partial charge < -0.3 is 49.6 Å². The van der Waals surface area contributed by atoms with Crippen molar-refractivity contribution in [3.63, 3.8) is 0 Å². The van der Waals surface area contributed by atoms with E-state index in [0.29, 0.717) is 0 Å². The first kappa shape index (κ1) is 33.3. The average molecular weight is 474 g/mol. The number of hydrogen-bond donors (Lipinski definition) is 6. The Morgan fingerprint density at radius 3 is 0.750 bits per heavy atom. The number of esters is 4. The van der Waals surface area contributed by atoms with E-state index in [4.69, 9.17) is 30.6 Å². The maximum Gasteiger partial charge on any atom is 0.417 e. The fourth-order valence-electron chi connectivity index (χ4n) is 1.00. The number of aliphatic hydroxyl groups excluding tert-OH is 4. The molecule has 0 heterocycles. The van der Waals surface area contributed by atoms with Crippen molar-refractivity contribution in [3.8, 4) is 0 Å². The molecule has 0 aromatic rings. The summed E-state index contributed by atoms with van der Waals surface area (Å²) >= 11 is 0. The smallest absolute Gasteiger partial charge is 0.417 e. The monoisotopic (exact) mass is 474 g/mol. The van der Waals surface area contributed by atoms with E-state index in [9.17, 15) is 28.8 Å². The van der Waals surface area contributed by atoms with Crippen LogP contribution in [0.2, 0.25) is 0 Å². The second-order valence-corrected chi connectivity index (χ2v) is 4.73. The van der Waals surface area contributed by atoms with Crippen LogP contribution in [0, 0.1) is 0 Å². The number of rotatable bonds is 11. The molecule has 32 heavy (non-hydrogen) atoms. The third-order valence-corrected chi connectivity index (χ3v) is 2.18. The summed E-state index contributed by atoms with van der Waals surface area (Å²) in [5.74, 6) is -6.83. The highest BCUT2D eigenvalue weighted by Gasteiger charge is 2.16. The van der Waals surface area contributed by atoms with Crippen molar-refractivity contribution in [1.82, 2.24) is 0 Å². The van der Waals surface area contributed by atoms with Crippen molar-refractivity contribution in [2.24, 2.45) is 0 Å². The van der Waals surface area contributed by atoms with Gasteiger partial charge in [-0.3, -0.25) is 9.59 Å². The topological polar surface area (TPSA) is 261 Å². The highest BCUT2D eigenvalue weighted by Crippen LogP contribution is 1.86. The van der Waals surface area contributed by atoms with Crippen LogP contribution in [-0.2, 0) is 47.7 Å². The number of ether oxygens (including phenoxy) is 4. The summed E-state index contributed by atoms with van der Waals surface area (Å²) in [7, 11) is 0. The Morgan fingerprint density at radius 1 is 0.438 bits per heavy atom. The molecule has 0 aliphatic rings. The summed E-state index contributed by atoms with van der Waals surface area (Å²) in [4.78, 5) is 61.4. The maximum absolute atomic E-state index is 10.5. The molecule has 0 aliphatic carbocycles. The Bertz CT molecular complexity index is 486. The molecule has 0 saturated carbocycles. The van der Waals surface area contributed by atoms with Crippen molar-refractivity contribution < 1.29 is 78.4 Å². The Hall–Kier alpha value is -3.34. The van der Waals surface area contributed by atoms with Crippen LogP contribution in [0.1, 0.15) is 12.8 Å². The Morgan fingerprint density at radius 2 is 0.625 bits per heavy atom. The van der Waals surface area contributed by atoms with Crippen LogP contribution in [0.5, 0.6) is 0 Å². The number of carbonyl (C=O) groups excluding carboxylic acids is 4. The first-order valence-corrected chi connectivity index (χ1v) is 8.62. The molecular formula is C16H26O16. The molecule has 6 N–H and O–H groups in total. The van der Waals surface area contributed by atoms with Crippen LogP contribution >= 0.6 is 0 Å². The number of carboxylic acid groups (broad SMARTS) is 2. The first-order valence-electron chi connectivity index (χ1n) is 8.62. The summed E-state index contributed by atoms with van der Waals surface area (Å²) in [6.07, 6.45) is -0.593. The number of carboxylic acids is 2. The number of aliphatic hydroxyl groups is 4. The van der Waals surface area contributed by atoms with E-state index < -0.39 is 35.8 Å². The second-order valence-electron chi connectivity index (χ2n) is 4.73. The van der Waals surface area contributed by atoms with E-state index >= 15 is 0 Å². The average Bonchev–Trinajstić information content (AvgIpc) is 2.76. The van der Waals surface area contributed by atoms with E-state index in [-0.39, 0.29) is 65.7 Å². The molecule has 16 nitrogen and oxygen atoms in total. The lowest BCUT2D eigenvalue weighted by molar-refractivity contribution is -0.168. The van der Waals surface area contributed by atoms with Crippen LogP contribution in [0.3, 0.4) is 0 Å². The summed E-state index contributed by atoms with van der Waals surface area (Å²) < 4.78 is 16.8. The van der Waals surface area contributed by atoms with E-state index in [1.54, 1.807) is 0 Å². The van der Waals surface area contributed by atoms with E-state index in [2.05, 4.69) is 18.9 Å². The predicted octanol–water partition coefficient (Wildman–Crippen LogP) is -3.95. The van der Waals surface area contributed by atoms with Crippen molar-refractivity contribution in [3.05, 3.63) is 0 Å². The van der Waals surface area contributed by atoms with Gasteiger partial charge in [0.15, 0.2) is 0 Å². The van der Waals surface area contributed by atoms with Crippen LogP contribution in [0.4, 0.5) is 0 Å². The molecule has 16 heteroatoms. The third-order valence-electron chi connectivity index (χ3n) is 2.18. The second kappa shape index (κ2) is 23.9. The maximum atomic E-state index is 10.5. The predicted molar refractivity (Wildman–Crippen MR) is 96.7 cm³/mol. The van der Waals surface area contributed by atoms with Crippen LogP contribution in [0.15, 0.2) is 0 Å². The van der Waals surface area contributed by atoms with Gasteiger partial charge in [-0.25, -0.2) is 19.2 Å². The van der Waals surface area contributed by atoms with Crippen molar-refractivity contribution in [2.75, 3.05) is 52.9 Å². The van der Waals surface area contributed by atoms with Crippen LogP contribution in [-0.4, -0.2) is 119 Å². The Kier molecular flexibility index (Phi) is 24.9. The molecule has 0 aliphatic heterocycles. The molecule has 0 saturated heterocycles. The number of carbonyl (C=O) groups is 6. The van der Waals surface area contributed by atoms with Crippen molar-refractivity contribution in [1.29, 1.82) is 0 Å². The molecule has 0 spiro atoms. The highest BCUT2D eigenvalue weighted by molar-refractivity contribution is 6.30. The highest BCUT2D eigenvalue weighted by atomic mass is 16.6. The van der Waals surface area contributed by atoms with Crippen molar-refractivity contribution >= 4 is 35.8 Å². The summed E-state index contributed by atoms with van der Waals surface area (Å²) in [6.45, 7) is -2.36. The molecular weight excluding hydrogens is 448 g/mol. The van der Waals surface area contributed by atoms with Gasteiger partial charge in [-0.15, -0.1) is 0 Å². The third kappa shape index (κ3) is 26.7. The van der Waals surface area contributed by atoms with Crippen molar-refractivity contribution in [2.45, 2.75) is 12.8 Å². The lowest BCUT2D eigenvalue weighted by Crippen LogP contribution is -2.22. The zero-order valence-electron chi connectivity index (χ0n) is 16.8. The molecule has 0 amide bonds. The van der Waals surface area contributed by atoms with Gasteiger partial charge in [0.05, 0.1) is 39.3 Å². The number of hydrogen-bond acceptors (Lipinski definition) is 14. The molecule has 0 radical (unpaired) electrons. The molecule has 0 unspecified atom stereocenters. The minimum absolute atomic E-state index is 0.243. The fraction of sp³-hybridized carbons (Fsp3) is 0.625. The van der Waals surface area contributed by atoms with E-state index in [0.717, 1.165) is 0 Å². The summed E-state index contributed by atoms with van der Waals surface area (Å²) in [6, 6.07) is 0. The normalized spacial score (nSPS) is 9.00. The van der Waals surface area contributed by atoms with Crippen LogP contribution in [0.25, 0.3) is 0 Å². The van der Waals surface area contributed by atoms with Gasteiger partial charge in [0, 0.05) is 0 Å². The molecule has 0 aromatic carbocycles. The number of aliphatic carboxylic acids is 2. The molecule has 0 atom stereocenters. The zero-order chi connectivity index (χ0) is 25.4. The molecule has 0 rings (SSSR count). The Labute approximate surface area is 180 Å².